The number of ether oxygens (including phenoxy) is 1. The van der Waals surface area contributed by atoms with E-state index in [1.807, 2.05) is 6.33 Å². The maximum absolute atomic E-state index is 5.52. The molecule has 2 rings (SSSR count). The van der Waals surface area contributed by atoms with E-state index in [0.717, 1.165) is 30.5 Å². The van der Waals surface area contributed by atoms with Crippen LogP contribution in [0.5, 0.6) is 0 Å². The van der Waals surface area contributed by atoms with Crippen LogP contribution in [0.4, 0.5) is 0 Å². The van der Waals surface area contributed by atoms with Crippen molar-refractivity contribution in [3.63, 3.8) is 0 Å². The number of nitrogens with zero attached hydrogens (tertiary/aromatic N) is 2. The smallest absolute Gasteiger partial charge is 0.0952 e. The summed E-state index contributed by atoms with van der Waals surface area (Å²) < 4.78 is 7.74. The van der Waals surface area contributed by atoms with Gasteiger partial charge in [-0.05, 0) is 19.8 Å². The Kier molecular flexibility index (Phi) is 3.23. The standard InChI is InChI=1S/C10H15BrN2O/c1-8-4-10(2-3-14-8)13-6-9(5-11)12-7-13/h6-8,10H,2-5H2,1H3. The molecule has 1 aromatic heterocycles. The van der Waals surface area contributed by atoms with Gasteiger partial charge in [0.25, 0.3) is 0 Å². The third kappa shape index (κ3) is 2.17. The highest BCUT2D eigenvalue weighted by molar-refractivity contribution is 9.08. The molecule has 3 nitrogen and oxygen atoms in total. The minimum Gasteiger partial charge on any atom is -0.378 e. The molecule has 0 radical (unpaired) electrons. The lowest BCUT2D eigenvalue weighted by Gasteiger charge is -2.27. The Morgan fingerprint density at radius 1 is 1.71 bits per heavy atom. The molecular weight excluding hydrogens is 244 g/mol. The van der Waals surface area contributed by atoms with Crippen molar-refractivity contribution in [3.05, 3.63) is 18.2 Å². The van der Waals surface area contributed by atoms with E-state index in [1.165, 1.54) is 0 Å². The summed E-state index contributed by atoms with van der Waals surface area (Å²) in [6.07, 6.45) is 6.63. The third-order valence-electron chi connectivity index (χ3n) is 2.67. The normalized spacial score (nSPS) is 27.9. The van der Waals surface area contributed by atoms with Gasteiger partial charge >= 0.3 is 0 Å². The van der Waals surface area contributed by atoms with Gasteiger partial charge in [-0.15, -0.1) is 0 Å². The van der Waals surface area contributed by atoms with Crippen LogP contribution >= 0.6 is 15.9 Å². The summed E-state index contributed by atoms with van der Waals surface area (Å²) in [6.45, 7) is 3.00. The fourth-order valence-electron chi connectivity index (χ4n) is 1.89. The van der Waals surface area contributed by atoms with Gasteiger partial charge in [-0.2, -0.15) is 0 Å². The van der Waals surface area contributed by atoms with Gasteiger partial charge in [0.1, 0.15) is 0 Å². The summed E-state index contributed by atoms with van der Waals surface area (Å²) >= 11 is 3.41. The maximum atomic E-state index is 5.52. The zero-order chi connectivity index (χ0) is 9.97. The van der Waals surface area contributed by atoms with Crippen LogP contribution in [0.3, 0.4) is 0 Å². The van der Waals surface area contributed by atoms with Crippen molar-refractivity contribution in [2.45, 2.75) is 37.2 Å². The first kappa shape index (κ1) is 10.2. The average Bonchev–Trinajstić information content (AvgIpc) is 2.66. The van der Waals surface area contributed by atoms with E-state index in [0.29, 0.717) is 12.1 Å². The van der Waals surface area contributed by atoms with E-state index in [4.69, 9.17) is 4.74 Å². The molecule has 2 unspecified atom stereocenters. The molecule has 2 heterocycles. The molecule has 1 fully saturated rings. The van der Waals surface area contributed by atoms with Gasteiger partial charge in [0.05, 0.1) is 18.1 Å². The van der Waals surface area contributed by atoms with Crippen LogP contribution in [-0.2, 0) is 10.1 Å². The van der Waals surface area contributed by atoms with Crippen molar-refractivity contribution in [2.75, 3.05) is 6.61 Å². The van der Waals surface area contributed by atoms with Crippen molar-refractivity contribution < 1.29 is 4.74 Å². The van der Waals surface area contributed by atoms with Crippen LogP contribution in [0.15, 0.2) is 12.5 Å². The Morgan fingerprint density at radius 3 is 3.21 bits per heavy atom. The molecular formula is C10H15BrN2O. The first-order valence-electron chi connectivity index (χ1n) is 4.99. The van der Waals surface area contributed by atoms with Crippen molar-refractivity contribution in [3.8, 4) is 0 Å². The predicted octanol–water partition coefficient (Wildman–Crippen LogP) is 2.52. The highest BCUT2D eigenvalue weighted by atomic mass is 79.9. The number of aromatic nitrogens is 2. The topological polar surface area (TPSA) is 27.1 Å². The zero-order valence-corrected chi connectivity index (χ0v) is 9.90. The third-order valence-corrected chi connectivity index (χ3v) is 3.25. The first-order chi connectivity index (χ1) is 6.79. The second-order valence-corrected chi connectivity index (χ2v) is 4.37. The quantitative estimate of drug-likeness (QED) is 0.763. The van der Waals surface area contributed by atoms with Crippen LogP contribution < -0.4 is 0 Å². The van der Waals surface area contributed by atoms with E-state index in [2.05, 4.69) is 38.6 Å². The monoisotopic (exact) mass is 258 g/mol. The second kappa shape index (κ2) is 4.45. The van der Waals surface area contributed by atoms with E-state index in [-0.39, 0.29) is 0 Å². The van der Waals surface area contributed by atoms with Gasteiger partial charge in [-0.3, -0.25) is 0 Å². The molecule has 0 spiro atoms. The molecule has 14 heavy (non-hydrogen) atoms. The van der Waals surface area contributed by atoms with Gasteiger partial charge in [0.15, 0.2) is 0 Å². The molecule has 0 aromatic carbocycles. The number of imidazole rings is 1. The Labute approximate surface area is 92.6 Å². The molecule has 1 saturated heterocycles. The second-order valence-electron chi connectivity index (χ2n) is 3.81. The van der Waals surface area contributed by atoms with Crippen LogP contribution in [-0.4, -0.2) is 22.3 Å². The molecule has 0 N–H and O–H groups in total. The largest absolute Gasteiger partial charge is 0.378 e. The summed E-state index contributed by atoms with van der Waals surface area (Å²) in [6, 6.07) is 0.569. The van der Waals surface area contributed by atoms with E-state index in [9.17, 15) is 0 Å². The highest BCUT2D eigenvalue weighted by Gasteiger charge is 2.20. The van der Waals surface area contributed by atoms with E-state index >= 15 is 0 Å². The number of hydrogen-bond acceptors (Lipinski definition) is 2. The lowest BCUT2D eigenvalue weighted by molar-refractivity contribution is 0.00592. The lowest BCUT2D eigenvalue weighted by Crippen LogP contribution is -2.24. The molecule has 0 bridgehead atoms. The van der Waals surface area contributed by atoms with Gasteiger partial charge in [-0.25, -0.2) is 4.98 Å². The predicted molar refractivity (Wildman–Crippen MR) is 58.5 cm³/mol. The van der Waals surface area contributed by atoms with Crippen molar-refractivity contribution in [1.82, 2.24) is 9.55 Å². The SMILES string of the molecule is CC1CC(n2cnc(CBr)c2)CCO1. The summed E-state index contributed by atoms with van der Waals surface area (Å²) in [5.41, 5.74) is 1.10. The van der Waals surface area contributed by atoms with E-state index < -0.39 is 0 Å². The van der Waals surface area contributed by atoms with Crippen molar-refractivity contribution in [2.24, 2.45) is 0 Å². The Bertz CT molecular complexity index is 300. The first-order valence-corrected chi connectivity index (χ1v) is 6.11. The molecule has 2 atom stereocenters. The number of alkyl halides is 1. The summed E-state index contributed by atoms with van der Waals surface area (Å²) in [4.78, 5) is 4.31. The molecule has 1 aliphatic rings. The highest BCUT2D eigenvalue weighted by Crippen LogP contribution is 2.24. The molecule has 0 amide bonds. The lowest BCUT2D eigenvalue weighted by atomic mass is 10.0. The number of hydrogen-bond donors (Lipinski definition) is 0. The molecule has 4 heteroatoms. The number of halogens is 1. The molecule has 78 valence electrons. The Hall–Kier alpha value is -0.350. The van der Waals surface area contributed by atoms with E-state index in [1.54, 1.807) is 0 Å². The minimum absolute atomic E-state index is 0.378. The molecule has 0 saturated carbocycles. The fourth-order valence-corrected chi connectivity index (χ4v) is 2.18. The fraction of sp³-hybridized carbons (Fsp3) is 0.700. The van der Waals surface area contributed by atoms with Crippen molar-refractivity contribution >= 4 is 15.9 Å². The van der Waals surface area contributed by atoms with Crippen LogP contribution in [0.2, 0.25) is 0 Å². The summed E-state index contributed by atoms with van der Waals surface area (Å²) in [5, 5.41) is 0.832. The molecule has 1 aromatic rings. The maximum Gasteiger partial charge on any atom is 0.0952 e. The number of rotatable bonds is 2. The molecule has 0 aliphatic carbocycles. The van der Waals surface area contributed by atoms with Crippen LogP contribution in [0.1, 0.15) is 31.5 Å². The Balaban J connectivity index is 2.06. The van der Waals surface area contributed by atoms with Crippen LogP contribution in [0.25, 0.3) is 0 Å². The Morgan fingerprint density at radius 2 is 2.57 bits per heavy atom. The summed E-state index contributed by atoms with van der Waals surface area (Å²) in [5.74, 6) is 0. The van der Waals surface area contributed by atoms with Gasteiger partial charge in [-0.1, -0.05) is 15.9 Å². The summed E-state index contributed by atoms with van der Waals surface area (Å²) in [7, 11) is 0. The van der Waals surface area contributed by atoms with Crippen molar-refractivity contribution in [1.29, 1.82) is 0 Å². The van der Waals surface area contributed by atoms with Gasteiger partial charge < -0.3 is 9.30 Å². The van der Waals surface area contributed by atoms with Gasteiger partial charge in [0.2, 0.25) is 0 Å². The average molecular weight is 259 g/mol. The zero-order valence-electron chi connectivity index (χ0n) is 8.32. The minimum atomic E-state index is 0.378. The molecule has 1 aliphatic heterocycles. The van der Waals surface area contributed by atoms with Crippen LogP contribution in [0, 0.1) is 0 Å². The van der Waals surface area contributed by atoms with Gasteiger partial charge in [0, 0.05) is 24.2 Å².